The molecule has 0 saturated carbocycles. The van der Waals surface area contributed by atoms with E-state index in [1.807, 2.05) is 49.8 Å². The maximum atomic E-state index is 13.8. The summed E-state index contributed by atoms with van der Waals surface area (Å²) in [6, 6.07) is 7.31. The molecule has 0 bridgehead atoms. The summed E-state index contributed by atoms with van der Waals surface area (Å²) in [6.45, 7) is 13.5. The summed E-state index contributed by atoms with van der Waals surface area (Å²) in [5, 5.41) is 4.88. The van der Waals surface area contributed by atoms with Crippen molar-refractivity contribution in [2.45, 2.75) is 136 Å². The Hall–Kier alpha value is -5.07. The molecule has 3 aliphatic rings. The van der Waals surface area contributed by atoms with E-state index in [0.717, 1.165) is 109 Å². The van der Waals surface area contributed by atoms with Crippen LogP contribution in [0.1, 0.15) is 128 Å². The highest BCUT2D eigenvalue weighted by atomic mass is 16.5. The molecule has 1 aromatic carbocycles. The number of hydrogen-bond donors (Lipinski definition) is 2. The number of aromatic amines is 1. The van der Waals surface area contributed by atoms with Crippen LogP contribution in [0.25, 0.3) is 21.9 Å². The number of nitrogens with one attached hydrogen (secondary N) is 2. The van der Waals surface area contributed by atoms with Gasteiger partial charge in [-0.2, -0.15) is 0 Å². The second-order valence-corrected chi connectivity index (χ2v) is 18.4. The molecule has 330 valence electrons. The van der Waals surface area contributed by atoms with Crippen molar-refractivity contribution in [3.05, 3.63) is 65.2 Å². The number of fused-ring (bicyclic) bond motifs is 2. The second-order valence-electron chi connectivity index (χ2n) is 18.4. The zero-order valence-corrected chi connectivity index (χ0v) is 37.4. The molecule has 13 nitrogen and oxygen atoms in total. The van der Waals surface area contributed by atoms with Crippen LogP contribution in [0.2, 0.25) is 0 Å². The number of carbonyl (C=O) groups excluding carboxylic acids is 3. The molecule has 7 rings (SSSR count). The Balaban J connectivity index is 0.969. The standard InChI is InChI=1S/C48H66N6O7/c1-28(2)43(50-31(6)58-7)46(55)54-19-11-15-40(54)45-49-27-36(51-45)25-38-24-35-22-34-23-37(60-41(34)26-42(35)61-38)21-32-12-9-13-33(17-16-30(5)20-32)39-14-10-18-53(39)47(56)44(29(3)4)52-48(57)59-8/h17,22-24,26-30,32,39-40,43-44H,9-16,18-21,25H2,1-8H3,(H,49,51)(H,52,57). The van der Waals surface area contributed by atoms with Gasteiger partial charge in [0.15, 0.2) is 5.90 Å². The molecule has 4 aromatic rings. The fourth-order valence-corrected chi connectivity index (χ4v) is 9.82. The lowest BCUT2D eigenvalue weighted by Crippen LogP contribution is -2.52. The number of benzene rings is 1. The maximum absolute atomic E-state index is 13.8. The molecular formula is C48H66N6O7. The van der Waals surface area contributed by atoms with E-state index >= 15 is 0 Å². The van der Waals surface area contributed by atoms with Gasteiger partial charge in [-0.1, -0.05) is 46.3 Å². The predicted molar refractivity (Wildman–Crippen MR) is 236 cm³/mol. The topological polar surface area (TPSA) is 156 Å². The molecule has 6 unspecified atom stereocenters. The first-order valence-corrected chi connectivity index (χ1v) is 22.5. The number of likely N-dealkylation sites (tertiary alicyclic amines) is 2. The normalized spacial score (nSPS) is 22.7. The number of aliphatic imine (C=N–C) groups is 1. The number of carbonyl (C=O) groups is 3. The van der Waals surface area contributed by atoms with E-state index in [-0.39, 0.29) is 35.7 Å². The van der Waals surface area contributed by atoms with Crippen LogP contribution in [0.3, 0.4) is 0 Å². The van der Waals surface area contributed by atoms with Gasteiger partial charge in [-0.25, -0.2) is 14.8 Å². The minimum atomic E-state index is -0.608. The number of hydrogen-bond acceptors (Lipinski definition) is 9. The molecule has 6 atom stereocenters. The van der Waals surface area contributed by atoms with E-state index in [1.54, 1.807) is 14.0 Å². The van der Waals surface area contributed by atoms with E-state index in [1.165, 1.54) is 12.7 Å². The maximum Gasteiger partial charge on any atom is 0.407 e. The SMILES string of the molecule is COC(=O)NC(C(=O)N1CCCC1C1=CCC(C)CC(Cc2cc3cc4cc(Cc5cnc(C6CCCN6C(=O)C(N=C(C)OC)C(C)C)[nH]5)oc4cc3o2)CCC1)C(C)C. The zero-order valence-electron chi connectivity index (χ0n) is 37.4. The monoisotopic (exact) mass is 838 g/mol. The van der Waals surface area contributed by atoms with Crippen molar-refractivity contribution < 1.29 is 32.7 Å². The molecule has 2 fully saturated rings. The fraction of sp³-hybridized carbons (Fsp3) is 0.604. The van der Waals surface area contributed by atoms with E-state index in [9.17, 15) is 14.4 Å². The molecule has 1 aliphatic carbocycles. The van der Waals surface area contributed by atoms with Gasteiger partial charge in [0.1, 0.15) is 40.6 Å². The van der Waals surface area contributed by atoms with Gasteiger partial charge in [0, 0.05) is 61.6 Å². The summed E-state index contributed by atoms with van der Waals surface area (Å²) >= 11 is 0. The van der Waals surface area contributed by atoms with Crippen molar-refractivity contribution in [1.29, 1.82) is 0 Å². The van der Waals surface area contributed by atoms with Gasteiger partial charge in [0.2, 0.25) is 11.8 Å². The molecule has 2 aliphatic heterocycles. The van der Waals surface area contributed by atoms with Crippen molar-refractivity contribution in [2.75, 3.05) is 27.3 Å². The van der Waals surface area contributed by atoms with Crippen molar-refractivity contribution in [3.63, 3.8) is 0 Å². The Morgan fingerprint density at radius 3 is 2.26 bits per heavy atom. The summed E-state index contributed by atoms with van der Waals surface area (Å²) < 4.78 is 23.0. The highest BCUT2D eigenvalue weighted by molar-refractivity contribution is 5.94. The summed E-state index contributed by atoms with van der Waals surface area (Å²) in [7, 11) is 2.90. The molecular weight excluding hydrogens is 773 g/mol. The number of allylic oxidation sites excluding steroid dienone is 1. The number of methoxy groups -OCH3 is 2. The molecule has 3 amide bonds. The lowest BCUT2D eigenvalue weighted by molar-refractivity contribution is -0.135. The van der Waals surface area contributed by atoms with Crippen LogP contribution in [0.4, 0.5) is 4.79 Å². The predicted octanol–water partition coefficient (Wildman–Crippen LogP) is 9.30. The summed E-state index contributed by atoms with van der Waals surface area (Å²) in [5.74, 6) is 4.11. The molecule has 2 saturated heterocycles. The van der Waals surface area contributed by atoms with Crippen LogP contribution in [-0.4, -0.2) is 89.0 Å². The minimum absolute atomic E-state index is 0.00764. The van der Waals surface area contributed by atoms with Crippen molar-refractivity contribution >= 4 is 45.7 Å². The van der Waals surface area contributed by atoms with Gasteiger partial charge < -0.3 is 38.4 Å². The third kappa shape index (κ3) is 10.2. The molecule has 13 heteroatoms. The van der Waals surface area contributed by atoms with Crippen LogP contribution in [-0.2, 0) is 31.9 Å². The summed E-state index contributed by atoms with van der Waals surface area (Å²) in [4.78, 5) is 56.3. The number of H-pyrrole nitrogens is 1. The van der Waals surface area contributed by atoms with Crippen LogP contribution in [0.15, 0.2) is 55.9 Å². The Labute approximate surface area is 360 Å². The van der Waals surface area contributed by atoms with Gasteiger partial charge in [-0.3, -0.25) is 9.59 Å². The quantitative estimate of drug-likeness (QED) is 0.0813. The first-order valence-electron chi connectivity index (χ1n) is 22.5. The number of alkyl carbamates (subject to hydrolysis) is 1. The lowest BCUT2D eigenvalue weighted by Gasteiger charge is -2.32. The molecule has 0 spiro atoms. The van der Waals surface area contributed by atoms with Crippen molar-refractivity contribution in [2.24, 2.45) is 28.7 Å². The largest absolute Gasteiger partial charge is 0.484 e. The third-order valence-corrected chi connectivity index (χ3v) is 13.1. The molecule has 61 heavy (non-hydrogen) atoms. The zero-order chi connectivity index (χ0) is 43.4. The first kappa shape index (κ1) is 44.0. The lowest BCUT2D eigenvalue weighted by atomic mass is 9.87. The van der Waals surface area contributed by atoms with Gasteiger partial charge >= 0.3 is 6.09 Å². The Bertz CT molecular complexity index is 2180. The third-order valence-electron chi connectivity index (χ3n) is 13.1. The first-order chi connectivity index (χ1) is 29.3. The highest BCUT2D eigenvalue weighted by Gasteiger charge is 2.38. The minimum Gasteiger partial charge on any atom is -0.484 e. The van der Waals surface area contributed by atoms with Crippen LogP contribution in [0, 0.1) is 23.7 Å². The van der Waals surface area contributed by atoms with Gasteiger partial charge in [-0.15, -0.1) is 0 Å². The highest BCUT2D eigenvalue weighted by Crippen LogP contribution is 2.36. The number of furan rings is 2. The van der Waals surface area contributed by atoms with Crippen molar-refractivity contribution in [3.8, 4) is 0 Å². The average molecular weight is 839 g/mol. The number of rotatable bonds is 12. The average Bonchev–Trinajstić information content (AvgIpc) is 4.08. The van der Waals surface area contributed by atoms with Gasteiger partial charge in [0.25, 0.3) is 0 Å². The molecule has 3 aromatic heterocycles. The smallest absolute Gasteiger partial charge is 0.407 e. The Kier molecular flexibility index (Phi) is 13.9. The van der Waals surface area contributed by atoms with E-state index in [2.05, 4.69) is 46.5 Å². The Morgan fingerprint density at radius 2 is 1.57 bits per heavy atom. The summed E-state index contributed by atoms with van der Waals surface area (Å²) in [5.41, 5.74) is 3.92. The van der Waals surface area contributed by atoms with E-state index in [4.69, 9.17) is 23.3 Å². The number of ether oxygens (including phenoxy) is 2. The Morgan fingerprint density at radius 1 is 0.885 bits per heavy atom. The van der Waals surface area contributed by atoms with Gasteiger partial charge in [-0.05, 0) is 99.7 Å². The second kappa shape index (κ2) is 19.3. The van der Waals surface area contributed by atoms with Crippen LogP contribution >= 0.6 is 0 Å². The van der Waals surface area contributed by atoms with E-state index in [0.29, 0.717) is 37.2 Å². The van der Waals surface area contributed by atoms with Crippen molar-refractivity contribution in [1.82, 2.24) is 25.1 Å². The molecule has 0 radical (unpaired) electrons. The molecule has 2 N–H and O–H groups in total. The molecule has 5 heterocycles. The number of imidazole rings is 1. The van der Waals surface area contributed by atoms with Gasteiger partial charge in [0.05, 0.1) is 26.3 Å². The van der Waals surface area contributed by atoms with Crippen LogP contribution in [0.5, 0.6) is 0 Å². The number of aromatic nitrogens is 2. The summed E-state index contributed by atoms with van der Waals surface area (Å²) in [6.07, 6.45) is 14.0. The number of amides is 3. The fourth-order valence-electron chi connectivity index (χ4n) is 9.82. The van der Waals surface area contributed by atoms with E-state index < -0.39 is 18.2 Å². The number of nitrogens with zero attached hydrogens (tertiary/aromatic N) is 4. The van der Waals surface area contributed by atoms with Crippen LogP contribution < -0.4 is 5.32 Å².